The molecule has 0 aliphatic rings. The summed E-state index contributed by atoms with van der Waals surface area (Å²) < 4.78 is 12.8. The van der Waals surface area contributed by atoms with Crippen LogP contribution in [0, 0.1) is 13.8 Å². The number of benzene rings is 1. The van der Waals surface area contributed by atoms with Crippen LogP contribution in [0.15, 0.2) is 17.3 Å². The van der Waals surface area contributed by atoms with E-state index in [1.54, 1.807) is 11.7 Å². The standard InChI is InChI=1S/C16H18ClN3O5/c1-8-9(2)19-20(4)15(8)25-13-6-14(24-10(3)16(21)22)12(17)5-11(13)7-18-23/h5-7,10,23H,1-4H3,(H,21,22)/t10-/m0/s1. The average molecular weight is 368 g/mol. The molecule has 25 heavy (non-hydrogen) atoms. The number of oxime groups is 1. The number of rotatable bonds is 6. The molecule has 0 radical (unpaired) electrons. The molecule has 9 heteroatoms. The topological polar surface area (TPSA) is 106 Å². The lowest BCUT2D eigenvalue weighted by Gasteiger charge is -2.15. The molecule has 1 atom stereocenters. The van der Waals surface area contributed by atoms with E-state index in [9.17, 15) is 4.79 Å². The molecule has 0 amide bonds. The van der Waals surface area contributed by atoms with Crippen LogP contribution < -0.4 is 9.47 Å². The second kappa shape index (κ2) is 7.43. The number of aliphatic carboxylic acids is 1. The highest BCUT2D eigenvalue weighted by Crippen LogP contribution is 2.36. The molecule has 0 spiro atoms. The van der Waals surface area contributed by atoms with Gasteiger partial charge >= 0.3 is 5.97 Å². The van der Waals surface area contributed by atoms with Gasteiger partial charge in [0, 0.05) is 24.2 Å². The summed E-state index contributed by atoms with van der Waals surface area (Å²) in [6.07, 6.45) is 0.0628. The van der Waals surface area contributed by atoms with Crippen LogP contribution in [-0.4, -0.2) is 38.4 Å². The molecule has 1 aromatic carbocycles. The molecular formula is C16H18ClN3O5. The first-order valence-corrected chi connectivity index (χ1v) is 7.70. The van der Waals surface area contributed by atoms with Crippen LogP contribution in [0.3, 0.4) is 0 Å². The van der Waals surface area contributed by atoms with Crippen molar-refractivity contribution in [3.05, 3.63) is 34.0 Å². The second-order valence-electron chi connectivity index (χ2n) is 5.40. The fourth-order valence-electron chi connectivity index (χ4n) is 2.12. The quantitative estimate of drug-likeness (QED) is 0.461. The van der Waals surface area contributed by atoms with E-state index in [-0.39, 0.29) is 16.5 Å². The van der Waals surface area contributed by atoms with Crippen molar-refractivity contribution < 1.29 is 24.6 Å². The first-order valence-electron chi connectivity index (χ1n) is 7.33. The van der Waals surface area contributed by atoms with Gasteiger partial charge in [0.25, 0.3) is 0 Å². The van der Waals surface area contributed by atoms with E-state index in [0.717, 1.165) is 17.5 Å². The fraction of sp³-hybridized carbons (Fsp3) is 0.312. The Hall–Kier alpha value is -2.74. The number of hydrogen-bond acceptors (Lipinski definition) is 6. The van der Waals surface area contributed by atoms with Crippen LogP contribution in [-0.2, 0) is 11.8 Å². The molecule has 0 saturated heterocycles. The number of aromatic nitrogens is 2. The highest BCUT2D eigenvalue weighted by molar-refractivity contribution is 6.32. The van der Waals surface area contributed by atoms with E-state index < -0.39 is 12.1 Å². The van der Waals surface area contributed by atoms with Crippen LogP contribution in [0.25, 0.3) is 0 Å². The van der Waals surface area contributed by atoms with Crippen molar-refractivity contribution in [2.75, 3.05) is 0 Å². The highest BCUT2D eigenvalue weighted by Gasteiger charge is 2.19. The number of carbonyl (C=O) groups is 1. The molecule has 2 N–H and O–H groups in total. The fourth-order valence-corrected chi connectivity index (χ4v) is 2.34. The smallest absolute Gasteiger partial charge is 0.344 e. The predicted molar refractivity (Wildman–Crippen MR) is 91.3 cm³/mol. The first kappa shape index (κ1) is 18.6. The summed E-state index contributed by atoms with van der Waals surface area (Å²) in [7, 11) is 1.73. The Kier molecular flexibility index (Phi) is 5.53. The number of halogens is 1. The number of carboxylic acid groups (broad SMARTS) is 1. The summed E-state index contributed by atoms with van der Waals surface area (Å²) in [5.41, 5.74) is 2.03. The van der Waals surface area contributed by atoms with Crippen molar-refractivity contribution in [3.63, 3.8) is 0 Å². The minimum Gasteiger partial charge on any atom is -0.479 e. The van der Waals surface area contributed by atoms with Crippen LogP contribution in [0.5, 0.6) is 17.4 Å². The Balaban J connectivity index is 2.48. The number of nitrogens with zero attached hydrogens (tertiary/aromatic N) is 3. The zero-order chi connectivity index (χ0) is 18.7. The summed E-state index contributed by atoms with van der Waals surface area (Å²) >= 11 is 6.12. The number of aryl methyl sites for hydroxylation is 2. The molecule has 0 fully saturated rings. The Bertz CT molecular complexity index is 832. The largest absolute Gasteiger partial charge is 0.479 e. The lowest BCUT2D eigenvalue weighted by atomic mass is 10.2. The van der Waals surface area contributed by atoms with Gasteiger partial charge in [0.2, 0.25) is 5.88 Å². The van der Waals surface area contributed by atoms with E-state index in [1.807, 2.05) is 13.8 Å². The zero-order valence-electron chi connectivity index (χ0n) is 14.1. The van der Waals surface area contributed by atoms with Gasteiger partial charge in [-0.2, -0.15) is 5.10 Å². The molecule has 0 unspecified atom stereocenters. The number of ether oxygens (including phenoxy) is 2. The minimum atomic E-state index is -1.13. The molecular weight excluding hydrogens is 350 g/mol. The summed E-state index contributed by atoms with van der Waals surface area (Å²) in [5, 5.41) is 25.3. The second-order valence-corrected chi connectivity index (χ2v) is 5.81. The van der Waals surface area contributed by atoms with Gasteiger partial charge in [0.1, 0.15) is 11.5 Å². The summed E-state index contributed by atoms with van der Waals surface area (Å²) in [5.74, 6) is -0.221. The third kappa shape index (κ3) is 4.03. The van der Waals surface area contributed by atoms with Crippen LogP contribution in [0.2, 0.25) is 5.02 Å². The van der Waals surface area contributed by atoms with Crippen molar-refractivity contribution in [3.8, 4) is 17.4 Å². The molecule has 0 saturated carbocycles. The lowest BCUT2D eigenvalue weighted by molar-refractivity contribution is -0.144. The summed E-state index contributed by atoms with van der Waals surface area (Å²) in [4.78, 5) is 11.0. The normalized spacial score (nSPS) is 12.4. The maximum absolute atomic E-state index is 11.0. The van der Waals surface area contributed by atoms with Gasteiger partial charge in [-0.1, -0.05) is 16.8 Å². The third-order valence-corrected chi connectivity index (χ3v) is 3.87. The maximum atomic E-state index is 11.0. The van der Waals surface area contributed by atoms with Gasteiger partial charge in [-0.05, 0) is 26.8 Å². The van der Waals surface area contributed by atoms with Crippen molar-refractivity contribution in [1.29, 1.82) is 0 Å². The SMILES string of the molecule is Cc1nn(C)c(Oc2cc(O[C@@H](C)C(=O)O)c(Cl)cc2C=NO)c1C. The van der Waals surface area contributed by atoms with E-state index in [2.05, 4.69) is 10.3 Å². The molecule has 0 aliphatic carbocycles. The van der Waals surface area contributed by atoms with Crippen molar-refractivity contribution in [2.45, 2.75) is 26.9 Å². The van der Waals surface area contributed by atoms with E-state index in [4.69, 9.17) is 31.4 Å². The Morgan fingerprint density at radius 2 is 2.08 bits per heavy atom. The molecule has 8 nitrogen and oxygen atoms in total. The van der Waals surface area contributed by atoms with Gasteiger partial charge in [-0.3, -0.25) is 0 Å². The predicted octanol–water partition coefficient (Wildman–Crippen LogP) is 3.14. The molecule has 0 aliphatic heterocycles. The zero-order valence-corrected chi connectivity index (χ0v) is 14.9. The number of hydrogen-bond donors (Lipinski definition) is 2. The van der Waals surface area contributed by atoms with Gasteiger partial charge in [0.05, 0.1) is 16.9 Å². The molecule has 2 aromatic rings. The van der Waals surface area contributed by atoms with Crippen LogP contribution in [0.4, 0.5) is 0 Å². The van der Waals surface area contributed by atoms with E-state index in [0.29, 0.717) is 11.4 Å². The van der Waals surface area contributed by atoms with E-state index >= 15 is 0 Å². The van der Waals surface area contributed by atoms with Crippen molar-refractivity contribution >= 4 is 23.8 Å². The molecule has 1 aromatic heterocycles. The lowest BCUT2D eigenvalue weighted by Crippen LogP contribution is -2.23. The average Bonchev–Trinajstić information content (AvgIpc) is 2.77. The number of carboxylic acids is 1. The van der Waals surface area contributed by atoms with Crippen LogP contribution in [0.1, 0.15) is 23.7 Å². The first-order chi connectivity index (χ1) is 11.7. The Morgan fingerprint density at radius 1 is 1.40 bits per heavy atom. The van der Waals surface area contributed by atoms with Crippen molar-refractivity contribution in [1.82, 2.24) is 9.78 Å². The summed E-state index contributed by atoms with van der Waals surface area (Å²) in [6.45, 7) is 5.09. The maximum Gasteiger partial charge on any atom is 0.344 e. The van der Waals surface area contributed by atoms with Crippen LogP contribution >= 0.6 is 11.6 Å². The van der Waals surface area contributed by atoms with E-state index in [1.165, 1.54) is 19.1 Å². The third-order valence-electron chi connectivity index (χ3n) is 3.58. The highest BCUT2D eigenvalue weighted by atomic mass is 35.5. The Labute approximate surface area is 149 Å². The Morgan fingerprint density at radius 3 is 2.60 bits per heavy atom. The van der Waals surface area contributed by atoms with Gasteiger partial charge in [0.15, 0.2) is 6.10 Å². The monoisotopic (exact) mass is 367 g/mol. The molecule has 0 bridgehead atoms. The van der Waals surface area contributed by atoms with Crippen molar-refractivity contribution in [2.24, 2.45) is 12.2 Å². The minimum absolute atomic E-state index is 0.137. The molecule has 134 valence electrons. The van der Waals surface area contributed by atoms with Gasteiger partial charge in [-0.25, -0.2) is 9.48 Å². The van der Waals surface area contributed by atoms with Gasteiger partial charge < -0.3 is 19.8 Å². The molecule has 1 heterocycles. The molecule has 2 rings (SSSR count). The summed E-state index contributed by atoms with van der Waals surface area (Å²) in [6, 6.07) is 2.90. The van der Waals surface area contributed by atoms with Gasteiger partial charge in [-0.15, -0.1) is 0 Å².